The smallest absolute Gasteiger partial charge is 0.122 e. The Morgan fingerprint density at radius 3 is 2.56 bits per heavy atom. The highest BCUT2D eigenvalue weighted by Crippen LogP contribution is 2.38. The van der Waals surface area contributed by atoms with Crippen molar-refractivity contribution in [1.82, 2.24) is 0 Å². The highest BCUT2D eigenvalue weighted by Gasteiger charge is 2.37. The molecule has 2 nitrogen and oxygen atoms in total. The van der Waals surface area contributed by atoms with Crippen molar-refractivity contribution in [3.8, 4) is 5.75 Å². The lowest BCUT2D eigenvalue weighted by Crippen LogP contribution is -2.22. The summed E-state index contributed by atoms with van der Waals surface area (Å²) in [4.78, 5) is 0. The summed E-state index contributed by atoms with van der Waals surface area (Å²) in [5.41, 5.74) is 10.2. The molecule has 0 unspecified atom stereocenters. The molecular formula is C14H21NO. The van der Waals surface area contributed by atoms with Gasteiger partial charge in [0.25, 0.3) is 0 Å². The van der Waals surface area contributed by atoms with Crippen LogP contribution in [0.4, 0.5) is 0 Å². The minimum atomic E-state index is 0.127. The zero-order valence-corrected chi connectivity index (χ0v) is 10.5. The lowest BCUT2D eigenvalue weighted by molar-refractivity contribution is 0.407. The number of aryl methyl sites for hydroxylation is 2. The SMILES string of the molecule is COc1cc(C)cc(C)c1CCC1(N)CC1. The van der Waals surface area contributed by atoms with Crippen LogP contribution in [-0.4, -0.2) is 12.6 Å². The number of hydrogen-bond donors (Lipinski definition) is 1. The first-order valence-electron chi connectivity index (χ1n) is 5.97. The van der Waals surface area contributed by atoms with Crippen molar-refractivity contribution in [3.05, 3.63) is 28.8 Å². The van der Waals surface area contributed by atoms with Gasteiger partial charge in [-0.05, 0) is 62.3 Å². The van der Waals surface area contributed by atoms with E-state index in [-0.39, 0.29) is 5.54 Å². The van der Waals surface area contributed by atoms with Gasteiger partial charge in [0.05, 0.1) is 7.11 Å². The summed E-state index contributed by atoms with van der Waals surface area (Å²) in [6.45, 7) is 4.26. The van der Waals surface area contributed by atoms with Crippen molar-refractivity contribution in [3.63, 3.8) is 0 Å². The zero-order valence-electron chi connectivity index (χ0n) is 10.5. The number of nitrogens with two attached hydrogens (primary N) is 1. The third kappa shape index (κ3) is 2.38. The van der Waals surface area contributed by atoms with Crippen LogP contribution in [-0.2, 0) is 6.42 Å². The van der Waals surface area contributed by atoms with E-state index in [0.29, 0.717) is 0 Å². The van der Waals surface area contributed by atoms with Crippen LogP contribution in [0.5, 0.6) is 5.75 Å². The van der Waals surface area contributed by atoms with E-state index in [1.54, 1.807) is 7.11 Å². The van der Waals surface area contributed by atoms with Gasteiger partial charge in [-0.15, -0.1) is 0 Å². The van der Waals surface area contributed by atoms with Crippen LogP contribution in [0.2, 0.25) is 0 Å². The Morgan fingerprint density at radius 2 is 2.00 bits per heavy atom. The molecule has 2 N–H and O–H groups in total. The fourth-order valence-electron chi connectivity index (χ4n) is 2.25. The van der Waals surface area contributed by atoms with Crippen molar-refractivity contribution < 1.29 is 4.74 Å². The first-order valence-corrected chi connectivity index (χ1v) is 5.97. The molecule has 1 aromatic rings. The van der Waals surface area contributed by atoms with Crippen LogP contribution in [0.15, 0.2) is 12.1 Å². The van der Waals surface area contributed by atoms with Crippen molar-refractivity contribution in [2.75, 3.05) is 7.11 Å². The molecule has 2 rings (SSSR count). The van der Waals surface area contributed by atoms with Gasteiger partial charge >= 0.3 is 0 Å². The molecule has 2 heteroatoms. The van der Waals surface area contributed by atoms with Crippen LogP contribution in [0, 0.1) is 13.8 Å². The third-order valence-electron chi connectivity index (χ3n) is 3.56. The lowest BCUT2D eigenvalue weighted by atomic mass is 9.97. The predicted octanol–water partition coefficient (Wildman–Crippen LogP) is 2.74. The van der Waals surface area contributed by atoms with Crippen LogP contribution in [0.25, 0.3) is 0 Å². The van der Waals surface area contributed by atoms with E-state index in [1.165, 1.54) is 29.5 Å². The molecule has 0 heterocycles. The van der Waals surface area contributed by atoms with Gasteiger partial charge < -0.3 is 10.5 Å². The number of rotatable bonds is 4. The monoisotopic (exact) mass is 219 g/mol. The second-order valence-electron chi connectivity index (χ2n) is 5.13. The summed E-state index contributed by atoms with van der Waals surface area (Å²) in [5.74, 6) is 1.02. The summed E-state index contributed by atoms with van der Waals surface area (Å²) in [5, 5.41) is 0. The zero-order chi connectivity index (χ0) is 11.8. The van der Waals surface area contributed by atoms with E-state index in [1.807, 2.05) is 0 Å². The minimum absolute atomic E-state index is 0.127. The van der Waals surface area contributed by atoms with Gasteiger partial charge in [-0.1, -0.05) is 6.07 Å². The van der Waals surface area contributed by atoms with E-state index < -0.39 is 0 Å². The van der Waals surface area contributed by atoms with Crippen LogP contribution in [0.1, 0.15) is 36.0 Å². The largest absolute Gasteiger partial charge is 0.496 e. The van der Waals surface area contributed by atoms with Crippen LogP contribution >= 0.6 is 0 Å². The molecule has 0 atom stereocenters. The molecule has 88 valence electrons. The van der Waals surface area contributed by atoms with E-state index >= 15 is 0 Å². The van der Waals surface area contributed by atoms with Crippen molar-refractivity contribution in [2.45, 2.75) is 45.1 Å². The molecule has 0 spiro atoms. The highest BCUT2D eigenvalue weighted by molar-refractivity contribution is 5.43. The number of ether oxygens (including phenoxy) is 1. The van der Waals surface area contributed by atoms with E-state index in [9.17, 15) is 0 Å². The second kappa shape index (κ2) is 4.10. The van der Waals surface area contributed by atoms with Crippen molar-refractivity contribution >= 4 is 0 Å². The Bertz CT molecular complexity index is 394. The second-order valence-corrected chi connectivity index (χ2v) is 5.13. The van der Waals surface area contributed by atoms with Gasteiger partial charge in [-0.25, -0.2) is 0 Å². The maximum Gasteiger partial charge on any atom is 0.122 e. The van der Waals surface area contributed by atoms with Gasteiger partial charge in [0.1, 0.15) is 5.75 Å². The number of methoxy groups -OCH3 is 1. The summed E-state index contributed by atoms with van der Waals surface area (Å²) >= 11 is 0. The standard InChI is InChI=1S/C14H21NO/c1-10-8-11(2)12(13(9-10)16-3)4-5-14(15)6-7-14/h8-9H,4-7,15H2,1-3H3. The molecule has 16 heavy (non-hydrogen) atoms. The quantitative estimate of drug-likeness (QED) is 0.845. The first kappa shape index (κ1) is 11.5. The Hall–Kier alpha value is -1.02. The topological polar surface area (TPSA) is 35.2 Å². The number of hydrogen-bond acceptors (Lipinski definition) is 2. The van der Waals surface area contributed by atoms with E-state index in [2.05, 4.69) is 26.0 Å². The summed E-state index contributed by atoms with van der Waals surface area (Å²) in [6, 6.07) is 4.33. The van der Waals surface area contributed by atoms with E-state index in [4.69, 9.17) is 10.5 Å². The molecule has 1 aliphatic carbocycles. The fourth-order valence-corrected chi connectivity index (χ4v) is 2.25. The molecule has 1 saturated carbocycles. The van der Waals surface area contributed by atoms with E-state index in [0.717, 1.165) is 18.6 Å². The normalized spacial score (nSPS) is 17.2. The molecule has 0 bridgehead atoms. The Balaban J connectivity index is 2.17. The predicted molar refractivity (Wildman–Crippen MR) is 66.9 cm³/mol. The molecule has 0 radical (unpaired) electrons. The third-order valence-corrected chi connectivity index (χ3v) is 3.56. The van der Waals surface area contributed by atoms with Gasteiger partial charge in [-0.2, -0.15) is 0 Å². The first-order chi connectivity index (χ1) is 7.54. The van der Waals surface area contributed by atoms with Gasteiger partial charge in [0.2, 0.25) is 0 Å². The van der Waals surface area contributed by atoms with Crippen LogP contribution < -0.4 is 10.5 Å². The molecule has 0 aromatic heterocycles. The summed E-state index contributed by atoms with van der Waals surface area (Å²) < 4.78 is 5.45. The van der Waals surface area contributed by atoms with Crippen molar-refractivity contribution in [1.29, 1.82) is 0 Å². The Labute approximate surface area is 97.8 Å². The molecule has 1 aromatic carbocycles. The minimum Gasteiger partial charge on any atom is -0.496 e. The molecular weight excluding hydrogens is 198 g/mol. The molecule has 1 aliphatic rings. The summed E-state index contributed by atoms with van der Waals surface area (Å²) in [7, 11) is 1.74. The Kier molecular flexibility index (Phi) is 2.94. The van der Waals surface area contributed by atoms with Gasteiger partial charge in [0, 0.05) is 5.54 Å². The van der Waals surface area contributed by atoms with Crippen LogP contribution in [0.3, 0.4) is 0 Å². The molecule has 0 saturated heterocycles. The highest BCUT2D eigenvalue weighted by atomic mass is 16.5. The van der Waals surface area contributed by atoms with Gasteiger partial charge in [0.15, 0.2) is 0 Å². The summed E-state index contributed by atoms with van der Waals surface area (Å²) in [6.07, 6.45) is 4.47. The average molecular weight is 219 g/mol. The molecule has 1 fully saturated rings. The Morgan fingerprint density at radius 1 is 1.31 bits per heavy atom. The van der Waals surface area contributed by atoms with Crippen molar-refractivity contribution in [2.24, 2.45) is 5.73 Å². The molecule has 0 amide bonds. The molecule has 0 aliphatic heterocycles. The maximum atomic E-state index is 6.13. The van der Waals surface area contributed by atoms with Gasteiger partial charge in [-0.3, -0.25) is 0 Å². The number of benzene rings is 1. The maximum absolute atomic E-state index is 6.13. The average Bonchev–Trinajstić information content (AvgIpc) is 2.94. The lowest BCUT2D eigenvalue weighted by Gasteiger charge is -2.15. The fraction of sp³-hybridized carbons (Fsp3) is 0.571.